The van der Waals surface area contributed by atoms with E-state index in [-0.39, 0.29) is 17.9 Å². The van der Waals surface area contributed by atoms with Crippen molar-refractivity contribution < 1.29 is 9.59 Å². The largest absolute Gasteiger partial charge is 0.351 e. The number of carbonyl (C=O) groups is 2. The molecule has 2 amide bonds. The maximum Gasteiger partial charge on any atom is 0.252 e. The van der Waals surface area contributed by atoms with Gasteiger partial charge in [0.15, 0.2) is 0 Å². The van der Waals surface area contributed by atoms with Crippen molar-refractivity contribution in [2.24, 2.45) is 0 Å². The first kappa shape index (κ1) is 20.0. The molecule has 6 heteroatoms. The number of fused-ring (bicyclic) bond motifs is 1. The number of aromatic nitrogens is 1. The fourth-order valence-electron chi connectivity index (χ4n) is 3.59. The quantitative estimate of drug-likeness (QED) is 0.866. The number of nitrogens with one attached hydrogen (secondary N) is 1. The van der Waals surface area contributed by atoms with Gasteiger partial charge in [0.05, 0.1) is 11.3 Å². The molecule has 6 nitrogen and oxygen atoms in total. The smallest absolute Gasteiger partial charge is 0.252 e. The molecular weight excluding hydrogens is 352 g/mol. The Hall–Kier alpha value is -2.73. The van der Waals surface area contributed by atoms with Gasteiger partial charge in [-0.2, -0.15) is 0 Å². The Morgan fingerprint density at radius 3 is 2.68 bits per heavy atom. The van der Waals surface area contributed by atoms with E-state index in [9.17, 15) is 9.59 Å². The van der Waals surface area contributed by atoms with Crippen LogP contribution in [0.4, 0.5) is 5.69 Å². The highest BCUT2D eigenvalue weighted by Crippen LogP contribution is 2.33. The van der Waals surface area contributed by atoms with E-state index in [1.807, 2.05) is 42.1 Å². The van der Waals surface area contributed by atoms with E-state index < -0.39 is 0 Å². The van der Waals surface area contributed by atoms with Crippen LogP contribution in [0.1, 0.15) is 36.2 Å². The van der Waals surface area contributed by atoms with Crippen LogP contribution in [0.2, 0.25) is 0 Å². The van der Waals surface area contributed by atoms with E-state index in [4.69, 9.17) is 0 Å². The second-order valence-electron chi connectivity index (χ2n) is 7.61. The number of benzene rings is 1. The Bertz CT molecular complexity index is 861. The average Bonchev–Trinajstić information content (AvgIpc) is 2.67. The fraction of sp³-hybridized carbons (Fsp3) is 0.409. The van der Waals surface area contributed by atoms with Crippen LogP contribution in [0.3, 0.4) is 0 Å². The summed E-state index contributed by atoms with van der Waals surface area (Å²) >= 11 is 0. The fourth-order valence-corrected chi connectivity index (χ4v) is 3.59. The van der Waals surface area contributed by atoms with E-state index in [1.54, 1.807) is 19.2 Å². The van der Waals surface area contributed by atoms with Gasteiger partial charge in [-0.05, 0) is 63.7 Å². The second-order valence-corrected chi connectivity index (χ2v) is 7.61. The van der Waals surface area contributed by atoms with Gasteiger partial charge in [0.2, 0.25) is 5.91 Å². The third-order valence-electron chi connectivity index (χ3n) is 5.12. The van der Waals surface area contributed by atoms with E-state index >= 15 is 0 Å². The number of pyridine rings is 1. The highest BCUT2D eigenvalue weighted by atomic mass is 16.2. The summed E-state index contributed by atoms with van der Waals surface area (Å²) in [6.45, 7) is 5.09. The molecule has 0 aliphatic carbocycles. The number of hydrogen-bond acceptors (Lipinski definition) is 4. The first-order valence-corrected chi connectivity index (χ1v) is 9.69. The number of aryl methyl sites for hydroxylation is 1. The topological polar surface area (TPSA) is 65.5 Å². The molecular formula is C22H28N4O2. The summed E-state index contributed by atoms with van der Waals surface area (Å²) < 4.78 is 0. The molecule has 2 heterocycles. The van der Waals surface area contributed by atoms with Gasteiger partial charge in [-0.1, -0.05) is 6.07 Å². The van der Waals surface area contributed by atoms with Gasteiger partial charge in [-0.25, -0.2) is 0 Å². The van der Waals surface area contributed by atoms with E-state index in [1.165, 1.54) is 0 Å². The number of anilines is 1. The molecule has 0 unspecified atom stereocenters. The molecule has 0 spiro atoms. The highest BCUT2D eigenvalue weighted by molar-refractivity contribution is 5.95. The molecule has 3 rings (SSSR count). The van der Waals surface area contributed by atoms with Crippen LogP contribution in [0, 0.1) is 0 Å². The SMILES string of the molecule is CC(=O)N1c2ccc(-c3ccc(C(=O)NCCN(C)C)cn3)cc2CC[C@@H]1C. The van der Waals surface area contributed by atoms with Crippen molar-refractivity contribution in [3.63, 3.8) is 0 Å². The van der Waals surface area contributed by atoms with Crippen LogP contribution < -0.4 is 10.2 Å². The van der Waals surface area contributed by atoms with Crippen LogP contribution in [0.5, 0.6) is 0 Å². The number of likely N-dealkylation sites (N-methyl/N-ethyl adjacent to an activating group) is 1. The number of amides is 2. The monoisotopic (exact) mass is 380 g/mol. The van der Waals surface area contributed by atoms with Gasteiger partial charge in [0, 0.05) is 43.5 Å². The summed E-state index contributed by atoms with van der Waals surface area (Å²) in [6, 6.07) is 10.0. The summed E-state index contributed by atoms with van der Waals surface area (Å²) in [7, 11) is 3.94. The van der Waals surface area contributed by atoms with Crippen LogP contribution in [-0.4, -0.2) is 54.9 Å². The van der Waals surface area contributed by atoms with Gasteiger partial charge in [-0.15, -0.1) is 0 Å². The number of carbonyl (C=O) groups excluding carboxylic acids is 2. The third kappa shape index (κ3) is 4.39. The molecule has 0 saturated heterocycles. The average molecular weight is 380 g/mol. The molecule has 1 atom stereocenters. The van der Waals surface area contributed by atoms with E-state index in [0.717, 1.165) is 41.9 Å². The van der Waals surface area contributed by atoms with Crippen molar-refractivity contribution in [1.82, 2.24) is 15.2 Å². The van der Waals surface area contributed by atoms with Gasteiger partial charge in [-0.3, -0.25) is 14.6 Å². The summed E-state index contributed by atoms with van der Waals surface area (Å²) in [6.07, 6.45) is 3.51. The Morgan fingerprint density at radius 1 is 1.25 bits per heavy atom. The molecule has 1 N–H and O–H groups in total. The molecule has 2 aromatic rings. The molecule has 28 heavy (non-hydrogen) atoms. The van der Waals surface area contributed by atoms with Crippen LogP contribution in [0.25, 0.3) is 11.3 Å². The van der Waals surface area contributed by atoms with Gasteiger partial charge < -0.3 is 15.1 Å². The Balaban J connectivity index is 1.76. The Kier molecular flexibility index (Phi) is 6.09. The van der Waals surface area contributed by atoms with Crippen molar-refractivity contribution in [3.8, 4) is 11.3 Å². The predicted molar refractivity (Wildman–Crippen MR) is 112 cm³/mol. The van der Waals surface area contributed by atoms with Gasteiger partial charge >= 0.3 is 0 Å². The van der Waals surface area contributed by atoms with E-state index in [0.29, 0.717) is 12.1 Å². The number of hydrogen-bond donors (Lipinski definition) is 1. The predicted octanol–water partition coefficient (Wildman–Crippen LogP) is 2.73. The van der Waals surface area contributed by atoms with Crippen molar-refractivity contribution in [2.45, 2.75) is 32.7 Å². The first-order chi connectivity index (χ1) is 13.4. The summed E-state index contributed by atoms with van der Waals surface area (Å²) in [5.74, 6) is -0.0404. The summed E-state index contributed by atoms with van der Waals surface area (Å²) in [5.41, 5.74) is 4.53. The van der Waals surface area contributed by atoms with E-state index in [2.05, 4.69) is 23.3 Å². The van der Waals surface area contributed by atoms with Gasteiger partial charge in [0.25, 0.3) is 5.91 Å². The molecule has 0 fully saturated rings. The molecule has 148 valence electrons. The van der Waals surface area contributed by atoms with Crippen molar-refractivity contribution in [2.75, 3.05) is 32.1 Å². The summed E-state index contributed by atoms with van der Waals surface area (Å²) in [4.78, 5) is 32.6. The molecule has 0 radical (unpaired) electrons. The standard InChI is InChI=1S/C22H28N4O2/c1-15-5-6-18-13-17(8-10-21(18)26(15)16(2)27)20-9-7-19(14-24-20)22(28)23-11-12-25(3)4/h7-10,13-15H,5-6,11-12H2,1-4H3,(H,23,28)/t15-/m0/s1. The minimum Gasteiger partial charge on any atom is -0.351 e. The highest BCUT2D eigenvalue weighted by Gasteiger charge is 2.26. The van der Waals surface area contributed by atoms with Crippen molar-refractivity contribution in [1.29, 1.82) is 0 Å². The van der Waals surface area contributed by atoms with Gasteiger partial charge in [0.1, 0.15) is 0 Å². The van der Waals surface area contributed by atoms with Crippen LogP contribution >= 0.6 is 0 Å². The lowest BCUT2D eigenvalue weighted by Gasteiger charge is -2.34. The molecule has 1 aliphatic rings. The maximum atomic E-state index is 12.2. The molecule has 1 aromatic carbocycles. The second kappa shape index (κ2) is 8.52. The zero-order valence-corrected chi connectivity index (χ0v) is 17.0. The van der Waals surface area contributed by atoms with Crippen LogP contribution in [0.15, 0.2) is 36.5 Å². The zero-order chi connectivity index (χ0) is 20.3. The lowest BCUT2D eigenvalue weighted by atomic mass is 9.94. The Morgan fingerprint density at radius 2 is 2.04 bits per heavy atom. The van der Waals surface area contributed by atoms with Crippen LogP contribution in [-0.2, 0) is 11.2 Å². The molecule has 1 aliphatic heterocycles. The summed E-state index contributed by atoms with van der Waals surface area (Å²) in [5, 5.41) is 2.89. The first-order valence-electron chi connectivity index (χ1n) is 9.69. The lowest BCUT2D eigenvalue weighted by Crippen LogP contribution is -2.40. The molecule has 0 bridgehead atoms. The zero-order valence-electron chi connectivity index (χ0n) is 17.0. The minimum atomic E-state index is -0.113. The normalized spacial score (nSPS) is 16.0. The Labute approximate surface area is 166 Å². The molecule has 0 saturated carbocycles. The maximum absolute atomic E-state index is 12.2. The third-order valence-corrected chi connectivity index (χ3v) is 5.12. The van der Waals surface area contributed by atoms with Crippen molar-refractivity contribution >= 4 is 17.5 Å². The minimum absolute atomic E-state index is 0.0731. The lowest BCUT2D eigenvalue weighted by molar-refractivity contribution is -0.117. The number of rotatable bonds is 5. The van der Waals surface area contributed by atoms with Crippen molar-refractivity contribution in [3.05, 3.63) is 47.7 Å². The number of nitrogens with zero attached hydrogens (tertiary/aromatic N) is 3. The molecule has 1 aromatic heterocycles.